The molecule has 2 aliphatic heterocycles. The van der Waals surface area contributed by atoms with Crippen LogP contribution in [0.5, 0.6) is 0 Å². The van der Waals surface area contributed by atoms with Gasteiger partial charge in [0.2, 0.25) is 0 Å². The smallest absolute Gasteiger partial charge is 0.303 e. The van der Waals surface area contributed by atoms with E-state index in [1.165, 1.54) is 6.92 Å². The summed E-state index contributed by atoms with van der Waals surface area (Å²) in [6.45, 7) is 5.48. The molecule has 0 bridgehead atoms. The number of nitrogens with two attached hydrogens (primary N) is 1. The number of hydrogen-bond acceptors (Lipinski definition) is 7. The molecule has 3 rings (SSSR count). The minimum absolute atomic E-state index is 0.0623. The number of carbonyl (C=O) groups is 1. The van der Waals surface area contributed by atoms with E-state index >= 15 is 0 Å². The van der Waals surface area contributed by atoms with E-state index in [4.69, 9.17) is 23.7 Å². The van der Waals surface area contributed by atoms with E-state index in [2.05, 4.69) is 5.32 Å². The number of hydrogen-bond donors (Lipinski definition) is 2. The number of quaternary nitrogens is 1. The van der Waals surface area contributed by atoms with Gasteiger partial charge in [-0.1, -0.05) is 0 Å². The van der Waals surface area contributed by atoms with Gasteiger partial charge in [0.25, 0.3) is 0 Å². The van der Waals surface area contributed by atoms with Crippen LogP contribution in [0.25, 0.3) is 0 Å². The minimum Gasteiger partial charge on any atom is -0.457 e. The molecule has 0 aromatic rings. The van der Waals surface area contributed by atoms with E-state index in [1.54, 1.807) is 28.1 Å². The topological polar surface area (TPSA) is 100 Å². The van der Waals surface area contributed by atoms with Crippen LogP contribution in [0.15, 0.2) is 0 Å². The molecule has 8 nitrogen and oxygen atoms in total. The molecule has 0 aromatic carbocycles. The average molecular weight is 403 g/mol. The highest BCUT2D eigenvalue weighted by molar-refractivity contribution is 5.66. The van der Waals surface area contributed by atoms with Crippen molar-refractivity contribution in [3.8, 4) is 0 Å². The van der Waals surface area contributed by atoms with Crippen LogP contribution < -0.4 is 5.32 Å². The minimum atomic E-state index is -1.19. The summed E-state index contributed by atoms with van der Waals surface area (Å²) in [5, 5.41) is 12.7. The van der Waals surface area contributed by atoms with Crippen molar-refractivity contribution in [1.29, 1.82) is 0 Å². The molecule has 3 fully saturated rings. The van der Waals surface area contributed by atoms with Gasteiger partial charge in [-0.2, -0.15) is 0 Å². The summed E-state index contributed by atoms with van der Waals surface area (Å²) in [5.41, 5.74) is -1.19. The van der Waals surface area contributed by atoms with Gasteiger partial charge in [0.1, 0.15) is 0 Å². The van der Waals surface area contributed by atoms with Crippen LogP contribution in [0.4, 0.5) is 0 Å². The molecular formula is C20H36NO7+. The van der Waals surface area contributed by atoms with Gasteiger partial charge >= 0.3 is 5.97 Å². The van der Waals surface area contributed by atoms with Crippen LogP contribution in [0.1, 0.15) is 40.0 Å². The predicted octanol–water partition coefficient (Wildman–Crippen LogP) is -0.178. The van der Waals surface area contributed by atoms with Crippen LogP contribution in [0.3, 0.4) is 0 Å². The zero-order valence-electron chi connectivity index (χ0n) is 17.6. The molecule has 162 valence electrons. The van der Waals surface area contributed by atoms with Gasteiger partial charge in [0, 0.05) is 33.5 Å². The molecule has 3 N–H and O–H groups in total. The summed E-state index contributed by atoms with van der Waals surface area (Å²) >= 11 is 0. The summed E-state index contributed by atoms with van der Waals surface area (Å²) in [6, 6.07) is 0.368. The first-order chi connectivity index (χ1) is 13.2. The summed E-state index contributed by atoms with van der Waals surface area (Å²) in [7, 11) is 3.48. The Hall–Kier alpha value is -0.770. The van der Waals surface area contributed by atoms with Gasteiger partial charge in [-0.05, 0) is 26.7 Å². The van der Waals surface area contributed by atoms with E-state index in [-0.39, 0.29) is 31.1 Å². The fraction of sp³-hybridized carbons (Fsp3) is 0.950. The molecular weight excluding hydrogens is 366 g/mol. The van der Waals surface area contributed by atoms with Crippen molar-refractivity contribution in [3.05, 3.63) is 0 Å². The maximum absolute atomic E-state index is 11.4. The Kier molecular flexibility index (Phi) is 7.00. The molecule has 0 spiro atoms. The molecule has 1 aliphatic carbocycles. The Bertz CT molecular complexity index is 537. The third kappa shape index (κ3) is 4.68. The van der Waals surface area contributed by atoms with Crippen LogP contribution in [-0.2, 0) is 28.5 Å². The zero-order valence-corrected chi connectivity index (χ0v) is 17.6. The number of methoxy groups -OCH3 is 2. The predicted molar refractivity (Wildman–Crippen MR) is 99.5 cm³/mol. The molecule has 2 saturated heterocycles. The van der Waals surface area contributed by atoms with Gasteiger partial charge in [-0.3, -0.25) is 4.79 Å². The standard InChI is InChI=1S/C20H35NO7/c1-11(22)28-17(20(2,3)23)10-27-16-8-13-14(9-15(16)24-4)21-19-12(6-7-26-19)18(13)25-5/h12-19,21,23H,6-10H2,1-5H3/p+1/t12?,13?,14?,15?,16?,17-,18?,19?/m0/s1. The van der Waals surface area contributed by atoms with Gasteiger partial charge < -0.3 is 34.1 Å². The molecule has 7 unspecified atom stereocenters. The van der Waals surface area contributed by atoms with Crippen molar-refractivity contribution < 1.29 is 38.9 Å². The van der Waals surface area contributed by atoms with Gasteiger partial charge in [-0.15, -0.1) is 0 Å². The quantitative estimate of drug-likeness (QED) is 0.570. The first-order valence-electron chi connectivity index (χ1n) is 10.3. The molecule has 8 atom stereocenters. The number of aliphatic hydroxyl groups is 1. The van der Waals surface area contributed by atoms with Gasteiger partial charge in [0.05, 0.1) is 49.1 Å². The van der Waals surface area contributed by atoms with Crippen LogP contribution in [0, 0.1) is 11.8 Å². The van der Waals surface area contributed by atoms with Crippen molar-refractivity contribution in [3.63, 3.8) is 0 Å². The number of fused-ring (bicyclic) bond motifs is 2. The van der Waals surface area contributed by atoms with Gasteiger partial charge in [-0.25, -0.2) is 0 Å². The number of esters is 1. The first kappa shape index (κ1) is 21.9. The number of rotatable bonds is 7. The normalized spacial score (nSPS) is 39.1. The Morgan fingerprint density at radius 3 is 2.57 bits per heavy atom. The molecule has 28 heavy (non-hydrogen) atoms. The fourth-order valence-electron chi connectivity index (χ4n) is 5.09. The van der Waals surface area contributed by atoms with Crippen LogP contribution >= 0.6 is 0 Å². The highest BCUT2D eigenvalue weighted by Crippen LogP contribution is 2.39. The molecule has 0 amide bonds. The second kappa shape index (κ2) is 8.93. The van der Waals surface area contributed by atoms with E-state index in [0.717, 1.165) is 25.9 Å². The van der Waals surface area contributed by atoms with E-state index in [9.17, 15) is 9.90 Å². The van der Waals surface area contributed by atoms with Gasteiger partial charge in [0.15, 0.2) is 12.3 Å². The second-order valence-electron chi connectivity index (χ2n) is 8.88. The van der Waals surface area contributed by atoms with Crippen molar-refractivity contribution in [2.75, 3.05) is 27.4 Å². The Morgan fingerprint density at radius 1 is 1.21 bits per heavy atom. The lowest BCUT2D eigenvalue weighted by atomic mass is 9.71. The fourth-order valence-corrected chi connectivity index (χ4v) is 5.09. The Morgan fingerprint density at radius 2 is 1.96 bits per heavy atom. The van der Waals surface area contributed by atoms with Crippen LogP contribution in [0.2, 0.25) is 0 Å². The van der Waals surface area contributed by atoms with E-state index in [0.29, 0.717) is 17.9 Å². The number of piperidine rings is 1. The highest BCUT2D eigenvalue weighted by Gasteiger charge is 2.54. The van der Waals surface area contributed by atoms with Crippen molar-refractivity contribution in [1.82, 2.24) is 0 Å². The van der Waals surface area contributed by atoms with E-state index < -0.39 is 17.7 Å². The van der Waals surface area contributed by atoms with Crippen molar-refractivity contribution in [2.24, 2.45) is 11.8 Å². The van der Waals surface area contributed by atoms with Crippen molar-refractivity contribution >= 4 is 5.97 Å². The lowest BCUT2D eigenvalue weighted by molar-refractivity contribution is -0.778. The number of ether oxygens (including phenoxy) is 5. The molecule has 0 radical (unpaired) electrons. The summed E-state index contributed by atoms with van der Waals surface area (Å²) < 4.78 is 29.0. The summed E-state index contributed by atoms with van der Waals surface area (Å²) in [5.74, 6) is 0.311. The SMILES string of the molecule is COC1CC2[NH2+]C3OCCC3C(OC)C2CC1OC[C@H](OC(C)=O)C(C)(C)O. The molecule has 8 heteroatoms. The lowest BCUT2D eigenvalue weighted by Gasteiger charge is -2.47. The monoisotopic (exact) mass is 402 g/mol. The highest BCUT2D eigenvalue weighted by atomic mass is 16.6. The maximum Gasteiger partial charge on any atom is 0.303 e. The average Bonchev–Trinajstić information content (AvgIpc) is 3.09. The largest absolute Gasteiger partial charge is 0.457 e. The third-order valence-electron chi connectivity index (χ3n) is 6.57. The molecule has 0 aromatic heterocycles. The molecule has 2 heterocycles. The lowest BCUT2D eigenvalue weighted by Crippen LogP contribution is -3.01. The molecule has 1 saturated carbocycles. The van der Waals surface area contributed by atoms with Crippen molar-refractivity contribution in [2.45, 2.75) is 82.3 Å². The number of carbonyl (C=O) groups excluding carboxylic acids is 1. The third-order valence-corrected chi connectivity index (χ3v) is 6.57. The maximum atomic E-state index is 11.4. The summed E-state index contributed by atoms with van der Waals surface area (Å²) in [4.78, 5) is 11.4. The van der Waals surface area contributed by atoms with E-state index in [1.807, 2.05) is 0 Å². The summed E-state index contributed by atoms with van der Waals surface area (Å²) in [6.07, 6.45) is 2.05. The zero-order chi connectivity index (χ0) is 20.5. The van der Waals surface area contributed by atoms with Crippen LogP contribution in [-0.4, -0.2) is 80.8 Å². The molecule has 3 aliphatic rings. The first-order valence-corrected chi connectivity index (χ1v) is 10.3. The Labute approximate surface area is 167 Å². The second-order valence-corrected chi connectivity index (χ2v) is 8.88. The Balaban J connectivity index is 1.68.